The molecular weight excluding hydrogens is 602 g/mol. The van der Waals surface area contributed by atoms with E-state index in [2.05, 4.69) is 21.2 Å². The van der Waals surface area contributed by atoms with Crippen molar-refractivity contribution < 1.29 is 18.0 Å². The van der Waals surface area contributed by atoms with E-state index < -0.39 is 28.5 Å². The van der Waals surface area contributed by atoms with Crippen LogP contribution in [0.4, 0.5) is 5.69 Å². The quantitative estimate of drug-likeness (QED) is 0.283. The largest absolute Gasteiger partial charge is 0.352 e. The van der Waals surface area contributed by atoms with Crippen LogP contribution in [0.2, 0.25) is 5.02 Å². The van der Waals surface area contributed by atoms with Crippen LogP contribution in [-0.2, 0) is 26.2 Å². The summed E-state index contributed by atoms with van der Waals surface area (Å²) in [6.07, 6.45) is 0.733. The predicted octanol–water partition coefficient (Wildman–Crippen LogP) is 5.94. The molecule has 0 radical (unpaired) electrons. The Morgan fingerprint density at radius 1 is 1.00 bits per heavy atom. The minimum Gasteiger partial charge on any atom is -0.352 e. The van der Waals surface area contributed by atoms with Gasteiger partial charge in [-0.3, -0.25) is 13.9 Å². The number of hydrogen-bond acceptors (Lipinski definition) is 4. The first kappa shape index (κ1) is 30.7. The van der Waals surface area contributed by atoms with Gasteiger partial charge in [0.1, 0.15) is 12.6 Å². The van der Waals surface area contributed by atoms with Crippen molar-refractivity contribution in [3.8, 4) is 0 Å². The van der Waals surface area contributed by atoms with Gasteiger partial charge in [-0.1, -0.05) is 70.3 Å². The van der Waals surface area contributed by atoms with Crippen molar-refractivity contribution in [1.82, 2.24) is 10.2 Å². The van der Waals surface area contributed by atoms with Crippen LogP contribution in [0, 0.1) is 6.92 Å². The summed E-state index contributed by atoms with van der Waals surface area (Å²) in [5, 5.41) is 3.25. The van der Waals surface area contributed by atoms with E-state index in [0.29, 0.717) is 5.02 Å². The number of anilines is 1. The maximum Gasteiger partial charge on any atom is 0.264 e. The van der Waals surface area contributed by atoms with E-state index in [1.807, 2.05) is 45.0 Å². The van der Waals surface area contributed by atoms with E-state index in [4.69, 9.17) is 11.6 Å². The van der Waals surface area contributed by atoms with Gasteiger partial charge in [-0.15, -0.1) is 0 Å². The molecule has 0 bridgehead atoms. The van der Waals surface area contributed by atoms with Crippen LogP contribution >= 0.6 is 27.5 Å². The van der Waals surface area contributed by atoms with Gasteiger partial charge in [-0.2, -0.15) is 0 Å². The Balaban J connectivity index is 2.02. The van der Waals surface area contributed by atoms with Gasteiger partial charge >= 0.3 is 0 Å². The lowest BCUT2D eigenvalue weighted by Gasteiger charge is -2.32. The summed E-state index contributed by atoms with van der Waals surface area (Å²) in [5.41, 5.74) is 1.95. The van der Waals surface area contributed by atoms with Gasteiger partial charge in [0.25, 0.3) is 10.0 Å². The molecule has 0 saturated heterocycles. The number of carbonyl (C=O) groups excluding carboxylic acids is 2. The molecule has 39 heavy (non-hydrogen) atoms. The van der Waals surface area contributed by atoms with Crippen LogP contribution in [0.25, 0.3) is 0 Å². The first-order chi connectivity index (χ1) is 18.4. The number of rotatable bonds is 11. The molecule has 3 rings (SSSR count). The summed E-state index contributed by atoms with van der Waals surface area (Å²) in [6.45, 7) is 6.95. The van der Waals surface area contributed by atoms with Crippen LogP contribution < -0.4 is 9.62 Å². The zero-order valence-corrected chi connectivity index (χ0v) is 25.6. The molecule has 2 atom stereocenters. The molecule has 3 aromatic rings. The second kappa shape index (κ2) is 13.5. The number of sulfonamides is 1. The molecule has 10 heteroatoms. The molecule has 0 fully saturated rings. The highest BCUT2D eigenvalue weighted by molar-refractivity contribution is 9.10. The minimum atomic E-state index is -4.14. The summed E-state index contributed by atoms with van der Waals surface area (Å²) in [4.78, 5) is 28.5. The Kier molecular flexibility index (Phi) is 10.6. The monoisotopic (exact) mass is 633 g/mol. The lowest BCUT2D eigenvalue weighted by Crippen LogP contribution is -2.52. The first-order valence-electron chi connectivity index (χ1n) is 12.6. The fourth-order valence-electron chi connectivity index (χ4n) is 3.83. The number of amides is 2. The lowest BCUT2D eigenvalue weighted by atomic mass is 10.1. The maximum atomic E-state index is 13.9. The number of hydrogen-bond donors (Lipinski definition) is 1. The van der Waals surface area contributed by atoms with Gasteiger partial charge in [0, 0.05) is 22.1 Å². The lowest BCUT2D eigenvalue weighted by molar-refractivity contribution is -0.139. The number of benzene rings is 3. The molecule has 0 aliphatic rings. The third kappa shape index (κ3) is 8.06. The first-order valence-corrected chi connectivity index (χ1v) is 15.2. The maximum absolute atomic E-state index is 13.9. The molecule has 0 aromatic heterocycles. The van der Waals surface area contributed by atoms with Crippen molar-refractivity contribution in [2.45, 2.75) is 57.6 Å². The Bertz CT molecular complexity index is 1400. The van der Waals surface area contributed by atoms with Crippen LogP contribution in [0.1, 0.15) is 38.3 Å². The van der Waals surface area contributed by atoms with Gasteiger partial charge in [-0.25, -0.2) is 8.42 Å². The van der Waals surface area contributed by atoms with Crippen LogP contribution in [0.5, 0.6) is 0 Å². The third-order valence-electron chi connectivity index (χ3n) is 6.42. The van der Waals surface area contributed by atoms with E-state index >= 15 is 0 Å². The molecule has 0 aliphatic heterocycles. The van der Waals surface area contributed by atoms with Gasteiger partial charge in [0.15, 0.2) is 0 Å². The second-order valence-electron chi connectivity index (χ2n) is 9.45. The van der Waals surface area contributed by atoms with Gasteiger partial charge in [-0.05, 0) is 75.2 Å². The third-order valence-corrected chi connectivity index (χ3v) is 8.97. The van der Waals surface area contributed by atoms with Crippen molar-refractivity contribution in [3.05, 3.63) is 93.4 Å². The molecule has 0 unspecified atom stereocenters. The average Bonchev–Trinajstić information content (AvgIpc) is 2.90. The van der Waals surface area contributed by atoms with E-state index in [9.17, 15) is 18.0 Å². The molecule has 1 N–H and O–H groups in total. The van der Waals surface area contributed by atoms with Crippen molar-refractivity contribution >= 4 is 55.1 Å². The zero-order valence-electron chi connectivity index (χ0n) is 22.4. The molecule has 0 aliphatic carbocycles. The van der Waals surface area contributed by atoms with E-state index in [-0.39, 0.29) is 29.1 Å². The van der Waals surface area contributed by atoms with Crippen molar-refractivity contribution in [3.63, 3.8) is 0 Å². The smallest absolute Gasteiger partial charge is 0.264 e. The van der Waals surface area contributed by atoms with Crippen LogP contribution in [-0.4, -0.2) is 43.8 Å². The number of nitrogens with one attached hydrogen (secondary N) is 1. The summed E-state index contributed by atoms with van der Waals surface area (Å²) >= 11 is 9.62. The second-order valence-corrected chi connectivity index (χ2v) is 12.7. The number of carbonyl (C=O) groups is 2. The summed E-state index contributed by atoms with van der Waals surface area (Å²) < 4.78 is 29.6. The minimum absolute atomic E-state index is 0.0443. The SMILES string of the molecule is CC[C@H](C)NC(=O)[C@@H](C)N(Cc1ccc(Br)cc1)C(=O)CN(c1cccc(Cl)c1)S(=O)(=O)c1ccc(C)cc1. The van der Waals surface area contributed by atoms with Gasteiger partial charge in [0.2, 0.25) is 11.8 Å². The van der Waals surface area contributed by atoms with E-state index in [0.717, 1.165) is 26.3 Å². The van der Waals surface area contributed by atoms with E-state index in [1.165, 1.54) is 23.1 Å². The van der Waals surface area contributed by atoms with Crippen molar-refractivity contribution in [2.75, 3.05) is 10.8 Å². The number of nitrogens with zero attached hydrogens (tertiary/aromatic N) is 2. The molecule has 0 heterocycles. The molecule has 3 aromatic carbocycles. The highest BCUT2D eigenvalue weighted by Gasteiger charge is 2.32. The highest BCUT2D eigenvalue weighted by atomic mass is 79.9. The summed E-state index contributed by atoms with van der Waals surface area (Å²) in [6, 6.07) is 19.2. The fourth-order valence-corrected chi connectivity index (χ4v) is 5.69. The molecule has 2 amide bonds. The highest BCUT2D eigenvalue weighted by Crippen LogP contribution is 2.27. The molecule has 208 valence electrons. The van der Waals surface area contributed by atoms with Crippen LogP contribution in [0.3, 0.4) is 0 Å². The Labute approximate surface area is 244 Å². The number of halogens is 2. The normalized spacial score (nSPS) is 12.9. The molecular formula is C29H33BrClN3O4S. The Morgan fingerprint density at radius 3 is 2.23 bits per heavy atom. The standard InChI is InChI=1S/C29H33BrClN3O4S/c1-5-21(3)32-29(36)22(4)33(18-23-11-13-24(30)14-12-23)28(35)19-34(26-8-6-7-25(31)17-26)39(37,38)27-15-9-20(2)10-16-27/h6-17,21-22H,5,18-19H2,1-4H3,(H,32,36)/t21-,22+/m0/s1. The van der Waals surface area contributed by atoms with Crippen molar-refractivity contribution in [1.29, 1.82) is 0 Å². The summed E-state index contributed by atoms with van der Waals surface area (Å²) in [7, 11) is -4.14. The Morgan fingerprint density at radius 2 is 1.64 bits per heavy atom. The van der Waals surface area contributed by atoms with Crippen molar-refractivity contribution in [2.24, 2.45) is 0 Å². The Hall–Kier alpha value is -2.88. The van der Waals surface area contributed by atoms with Crippen LogP contribution in [0.15, 0.2) is 82.2 Å². The van der Waals surface area contributed by atoms with Gasteiger partial charge in [0.05, 0.1) is 10.6 Å². The van der Waals surface area contributed by atoms with Gasteiger partial charge < -0.3 is 10.2 Å². The molecule has 7 nitrogen and oxygen atoms in total. The van der Waals surface area contributed by atoms with E-state index in [1.54, 1.807) is 37.3 Å². The molecule has 0 saturated carbocycles. The number of aryl methyl sites for hydroxylation is 1. The fraction of sp³-hybridized carbons (Fsp3) is 0.310. The predicted molar refractivity (Wildman–Crippen MR) is 159 cm³/mol. The molecule has 0 spiro atoms. The summed E-state index contributed by atoms with van der Waals surface area (Å²) in [5.74, 6) is -0.842. The average molecular weight is 635 g/mol. The zero-order chi connectivity index (χ0) is 28.7. The topological polar surface area (TPSA) is 86.8 Å².